The van der Waals surface area contributed by atoms with E-state index in [2.05, 4.69) is 20.6 Å². The summed E-state index contributed by atoms with van der Waals surface area (Å²) in [5.41, 5.74) is 7.37. The monoisotopic (exact) mass is 310 g/mol. The molecular formula is C16H18N6O. The van der Waals surface area contributed by atoms with Gasteiger partial charge in [0.05, 0.1) is 11.4 Å². The Morgan fingerprint density at radius 3 is 3.00 bits per heavy atom. The van der Waals surface area contributed by atoms with Gasteiger partial charge in [-0.25, -0.2) is 4.68 Å². The second-order valence-electron chi connectivity index (χ2n) is 5.42. The summed E-state index contributed by atoms with van der Waals surface area (Å²) in [5, 5.41) is 13.0. The lowest BCUT2D eigenvalue weighted by Crippen LogP contribution is -2.38. The number of hydrogen-bond donors (Lipinski definition) is 2. The van der Waals surface area contributed by atoms with Gasteiger partial charge >= 0.3 is 0 Å². The van der Waals surface area contributed by atoms with Gasteiger partial charge in [-0.05, 0) is 26.0 Å². The predicted molar refractivity (Wildman–Crippen MR) is 87.4 cm³/mol. The maximum absolute atomic E-state index is 12.3. The molecule has 0 aliphatic carbocycles. The third-order valence-corrected chi connectivity index (χ3v) is 3.73. The molecule has 1 amide bonds. The summed E-state index contributed by atoms with van der Waals surface area (Å²) in [5.74, 6) is -0.270. The third kappa shape index (κ3) is 2.78. The Labute approximate surface area is 133 Å². The largest absolute Gasteiger partial charge is 0.347 e. The average Bonchev–Trinajstić information content (AvgIpc) is 2.95. The molecule has 0 saturated carbocycles. The van der Waals surface area contributed by atoms with Gasteiger partial charge in [0, 0.05) is 35.8 Å². The Morgan fingerprint density at radius 2 is 2.22 bits per heavy atom. The van der Waals surface area contributed by atoms with Crippen LogP contribution in [0.5, 0.6) is 0 Å². The summed E-state index contributed by atoms with van der Waals surface area (Å²) in [6.45, 7) is 4.03. The van der Waals surface area contributed by atoms with Crippen LogP contribution in [0.3, 0.4) is 0 Å². The summed E-state index contributed by atoms with van der Waals surface area (Å²) >= 11 is 0. The van der Waals surface area contributed by atoms with Gasteiger partial charge in [0.25, 0.3) is 5.91 Å². The Balaban J connectivity index is 2.03. The van der Waals surface area contributed by atoms with Crippen molar-refractivity contribution in [3.63, 3.8) is 0 Å². The van der Waals surface area contributed by atoms with Crippen molar-refractivity contribution in [2.75, 3.05) is 6.54 Å². The Hall–Kier alpha value is -2.80. The first-order valence-electron chi connectivity index (χ1n) is 7.38. The molecule has 3 aromatic rings. The number of nitrogens with one attached hydrogen (secondary N) is 1. The first kappa shape index (κ1) is 15.1. The summed E-state index contributed by atoms with van der Waals surface area (Å²) in [6.07, 6.45) is 3.52. The van der Waals surface area contributed by atoms with Crippen molar-refractivity contribution in [1.82, 2.24) is 25.3 Å². The van der Waals surface area contributed by atoms with Crippen LogP contribution in [0, 0.1) is 6.92 Å². The molecule has 7 nitrogen and oxygen atoms in total. The first-order chi connectivity index (χ1) is 11.1. The second kappa shape index (κ2) is 6.13. The van der Waals surface area contributed by atoms with Crippen molar-refractivity contribution >= 4 is 16.7 Å². The lowest BCUT2D eigenvalue weighted by molar-refractivity contribution is 0.0935. The lowest BCUT2D eigenvalue weighted by Gasteiger charge is -2.10. The maximum Gasteiger partial charge on any atom is 0.274 e. The van der Waals surface area contributed by atoms with E-state index in [0.717, 1.165) is 16.5 Å². The van der Waals surface area contributed by atoms with Crippen LogP contribution >= 0.6 is 0 Å². The molecule has 1 atom stereocenters. The maximum atomic E-state index is 12.3. The van der Waals surface area contributed by atoms with E-state index in [1.165, 1.54) is 0 Å². The Bertz CT molecular complexity index is 851. The molecule has 23 heavy (non-hydrogen) atoms. The summed E-state index contributed by atoms with van der Waals surface area (Å²) in [7, 11) is 0. The summed E-state index contributed by atoms with van der Waals surface area (Å²) in [4.78, 5) is 16.4. The molecule has 0 bridgehead atoms. The normalized spacial score (nSPS) is 12.3. The number of carbonyl (C=O) groups is 1. The fraction of sp³-hybridized carbons (Fsp3) is 0.250. The highest BCUT2D eigenvalue weighted by Crippen LogP contribution is 2.22. The Kier molecular flexibility index (Phi) is 4.03. The summed E-state index contributed by atoms with van der Waals surface area (Å²) < 4.78 is 1.67. The predicted octanol–water partition coefficient (Wildman–Crippen LogP) is 1.20. The van der Waals surface area contributed by atoms with Gasteiger partial charge in [0.1, 0.15) is 0 Å². The van der Waals surface area contributed by atoms with Crippen LogP contribution in [0.1, 0.15) is 23.1 Å². The van der Waals surface area contributed by atoms with Gasteiger partial charge in [-0.15, -0.1) is 5.10 Å². The minimum Gasteiger partial charge on any atom is -0.347 e. The van der Waals surface area contributed by atoms with E-state index in [4.69, 9.17) is 5.73 Å². The molecule has 2 aromatic heterocycles. The van der Waals surface area contributed by atoms with Crippen LogP contribution < -0.4 is 11.1 Å². The minimum absolute atomic E-state index is 0.115. The van der Waals surface area contributed by atoms with Crippen LogP contribution in [-0.2, 0) is 0 Å². The third-order valence-electron chi connectivity index (χ3n) is 3.73. The lowest BCUT2D eigenvalue weighted by atomic mass is 10.1. The molecule has 2 heterocycles. The molecule has 0 aliphatic heterocycles. The molecule has 0 radical (unpaired) electrons. The zero-order chi connectivity index (χ0) is 16.4. The quantitative estimate of drug-likeness (QED) is 0.754. The SMILES string of the molecule is Cc1c(C(=O)N[C@@H](C)CN)nnn1-c1cccc2cnccc12. The van der Waals surface area contributed by atoms with Gasteiger partial charge in [0.15, 0.2) is 5.69 Å². The van der Waals surface area contributed by atoms with Gasteiger partial charge in [-0.1, -0.05) is 17.3 Å². The zero-order valence-electron chi connectivity index (χ0n) is 13.0. The molecule has 3 N–H and O–H groups in total. The minimum atomic E-state index is -0.270. The number of rotatable bonds is 4. The van der Waals surface area contributed by atoms with E-state index in [9.17, 15) is 4.79 Å². The first-order valence-corrected chi connectivity index (χ1v) is 7.38. The standard InChI is InChI=1S/C16H18N6O/c1-10(8-17)19-16(23)15-11(2)22(21-20-15)14-5-3-4-12-9-18-7-6-13(12)14/h3-7,9-10H,8,17H2,1-2H3,(H,19,23)/t10-/m0/s1. The molecule has 0 unspecified atom stereocenters. The van der Waals surface area contributed by atoms with Crippen LogP contribution in [0.15, 0.2) is 36.7 Å². The van der Waals surface area contributed by atoms with Gasteiger partial charge in [-0.3, -0.25) is 9.78 Å². The van der Waals surface area contributed by atoms with Crippen LogP contribution in [0.4, 0.5) is 0 Å². The highest BCUT2D eigenvalue weighted by Gasteiger charge is 2.19. The molecule has 0 spiro atoms. The van der Waals surface area contributed by atoms with Crippen LogP contribution in [0.25, 0.3) is 16.5 Å². The number of carbonyl (C=O) groups excluding carboxylic acids is 1. The highest BCUT2D eigenvalue weighted by atomic mass is 16.2. The molecule has 118 valence electrons. The molecule has 0 aliphatic rings. The fourth-order valence-electron chi connectivity index (χ4n) is 2.41. The van der Waals surface area contributed by atoms with Gasteiger partial charge in [-0.2, -0.15) is 0 Å². The van der Waals surface area contributed by atoms with Crippen molar-refractivity contribution in [3.05, 3.63) is 48.0 Å². The topological polar surface area (TPSA) is 98.7 Å². The number of benzene rings is 1. The highest BCUT2D eigenvalue weighted by molar-refractivity contribution is 5.94. The van der Waals surface area contributed by atoms with E-state index in [-0.39, 0.29) is 11.9 Å². The van der Waals surface area contributed by atoms with E-state index in [1.54, 1.807) is 17.1 Å². The van der Waals surface area contributed by atoms with Crippen LogP contribution in [0.2, 0.25) is 0 Å². The number of fused-ring (bicyclic) bond motifs is 1. The number of hydrogen-bond acceptors (Lipinski definition) is 5. The fourth-order valence-corrected chi connectivity index (χ4v) is 2.41. The number of nitrogens with zero attached hydrogens (tertiary/aromatic N) is 4. The zero-order valence-corrected chi connectivity index (χ0v) is 13.0. The van der Waals surface area contributed by atoms with Crippen molar-refractivity contribution in [2.24, 2.45) is 5.73 Å². The van der Waals surface area contributed by atoms with Crippen molar-refractivity contribution in [1.29, 1.82) is 0 Å². The van der Waals surface area contributed by atoms with Crippen molar-refractivity contribution < 1.29 is 4.79 Å². The number of amides is 1. The van der Waals surface area contributed by atoms with E-state index >= 15 is 0 Å². The Morgan fingerprint density at radius 1 is 1.39 bits per heavy atom. The van der Waals surface area contributed by atoms with Crippen LogP contribution in [-0.4, -0.2) is 38.5 Å². The summed E-state index contributed by atoms with van der Waals surface area (Å²) in [6, 6.07) is 7.65. The number of aromatic nitrogens is 4. The van der Waals surface area contributed by atoms with Crippen molar-refractivity contribution in [3.8, 4) is 5.69 Å². The molecule has 0 saturated heterocycles. The number of nitrogens with two attached hydrogens (primary N) is 1. The van der Waals surface area contributed by atoms with E-state index in [0.29, 0.717) is 17.9 Å². The number of pyridine rings is 1. The molecule has 3 rings (SSSR count). The van der Waals surface area contributed by atoms with Gasteiger partial charge in [0.2, 0.25) is 0 Å². The van der Waals surface area contributed by atoms with Gasteiger partial charge < -0.3 is 11.1 Å². The van der Waals surface area contributed by atoms with E-state index in [1.807, 2.05) is 38.1 Å². The average molecular weight is 310 g/mol. The molecule has 1 aromatic carbocycles. The molecule has 7 heteroatoms. The molecular weight excluding hydrogens is 292 g/mol. The smallest absolute Gasteiger partial charge is 0.274 e. The van der Waals surface area contributed by atoms with Crippen molar-refractivity contribution in [2.45, 2.75) is 19.9 Å². The molecule has 0 fully saturated rings. The van der Waals surface area contributed by atoms with E-state index < -0.39 is 0 Å². The second-order valence-corrected chi connectivity index (χ2v) is 5.42.